The largest absolute Gasteiger partial charge is 0.326 e. The maximum atomic E-state index is 13.1. The molecule has 2 aromatic rings. The van der Waals surface area contributed by atoms with Crippen molar-refractivity contribution in [2.45, 2.75) is 26.2 Å². The lowest BCUT2D eigenvalue weighted by atomic mass is 9.95. The first kappa shape index (κ1) is 16.0. The molecule has 1 N–H and O–H groups in total. The van der Waals surface area contributed by atoms with Crippen molar-refractivity contribution in [2.24, 2.45) is 5.92 Å². The van der Waals surface area contributed by atoms with Crippen LogP contribution in [-0.2, 0) is 4.79 Å². The summed E-state index contributed by atoms with van der Waals surface area (Å²) in [6.07, 6.45) is 0.765. The number of nitrogens with one attached hydrogen (secondary N) is 1. The Morgan fingerprint density at radius 3 is 2.76 bits per heavy atom. The fourth-order valence-corrected chi connectivity index (χ4v) is 3.15. The zero-order chi connectivity index (χ0) is 15.4. The number of anilines is 1. The van der Waals surface area contributed by atoms with Gasteiger partial charge in [-0.05, 0) is 42.0 Å². The molecular weight excluding hydrogens is 309 g/mol. The highest BCUT2D eigenvalue weighted by Crippen LogP contribution is 2.27. The number of rotatable bonds is 5. The zero-order valence-electron chi connectivity index (χ0n) is 11.9. The number of halogens is 2. The molecule has 2 rings (SSSR count). The van der Waals surface area contributed by atoms with Crippen LogP contribution in [0.1, 0.15) is 31.1 Å². The molecule has 0 saturated carbocycles. The second kappa shape index (κ2) is 7.05. The van der Waals surface area contributed by atoms with Crippen molar-refractivity contribution in [3.8, 4) is 0 Å². The summed E-state index contributed by atoms with van der Waals surface area (Å²) in [5.41, 5.74) is 0.516. The fraction of sp³-hybridized carbons (Fsp3) is 0.312. The first-order valence-electron chi connectivity index (χ1n) is 6.76. The minimum Gasteiger partial charge on any atom is -0.326 e. The number of benzene rings is 1. The normalized spacial score (nSPS) is 13.7. The predicted octanol–water partition coefficient (Wildman–Crippen LogP) is 5.31. The molecule has 2 unspecified atom stereocenters. The van der Waals surface area contributed by atoms with Gasteiger partial charge in [-0.15, -0.1) is 11.3 Å². The minimum absolute atomic E-state index is 0.00686. The van der Waals surface area contributed by atoms with Crippen molar-refractivity contribution in [3.63, 3.8) is 0 Å². The molecule has 0 aliphatic carbocycles. The van der Waals surface area contributed by atoms with E-state index in [2.05, 4.69) is 18.3 Å². The lowest BCUT2D eigenvalue weighted by molar-refractivity contribution is -0.119. The van der Waals surface area contributed by atoms with E-state index < -0.39 is 5.82 Å². The highest BCUT2D eigenvalue weighted by Gasteiger charge is 2.18. The van der Waals surface area contributed by atoms with Gasteiger partial charge in [-0.3, -0.25) is 4.79 Å². The van der Waals surface area contributed by atoms with Gasteiger partial charge in [0.15, 0.2) is 0 Å². The van der Waals surface area contributed by atoms with Gasteiger partial charge < -0.3 is 5.32 Å². The van der Waals surface area contributed by atoms with E-state index >= 15 is 0 Å². The van der Waals surface area contributed by atoms with Gasteiger partial charge in [-0.25, -0.2) is 4.39 Å². The summed E-state index contributed by atoms with van der Waals surface area (Å²) in [7, 11) is 0. The maximum absolute atomic E-state index is 13.1. The lowest BCUT2D eigenvalue weighted by Crippen LogP contribution is -2.21. The lowest BCUT2D eigenvalue weighted by Gasteiger charge is -2.16. The molecular formula is C16H17ClFNOS. The van der Waals surface area contributed by atoms with Crippen LogP contribution in [0.15, 0.2) is 35.7 Å². The van der Waals surface area contributed by atoms with Crippen LogP contribution < -0.4 is 5.32 Å². The van der Waals surface area contributed by atoms with Crippen LogP contribution in [0.25, 0.3) is 0 Å². The molecule has 0 radical (unpaired) electrons. The second-order valence-corrected chi connectivity index (χ2v) is 6.56. The standard InChI is InChI=1S/C16H17ClFNOS/c1-10(15-4-3-7-21-15)8-11(2)16(20)19-12-5-6-14(18)13(17)9-12/h3-7,9-11H,8H2,1-2H3,(H,19,20). The number of carbonyl (C=O) groups is 1. The Morgan fingerprint density at radius 1 is 1.38 bits per heavy atom. The van der Waals surface area contributed by atoms with Crippen molar-refractivity contribution in [1.82, 2.24) is 0 Å². The molecule has 112 valence electrons. The van der Waals surface area contributed by atoms with E-state index in [1.165, 1.54) is 23.1 Å². The smallest absolute Gasteiger partial charge is 0.227 e. The molecule has 0 aliphatic heterocycles. The van der Waals surface area contributed by atoms with E-state index in [0.717, 1.165) is 6.42 Å². The van der Waals surface area contributed by atoms with Gasteiger partial charge in [0.2, 0.25) is 5.91 Å². The van der Waals surface area contributed by atoms with E-state index in [1.807, 2.05) is 18.4 Å². The van der Waals surface area contributed by atoms with Crippen molar-refractivity contribution >= 4 is 34.5 Å². The van der Waals surface area contributed by atoms with Gasteiger partial charge >= 0.3 is 0 Å². The molecule has 1 amide bonds. The fourth-order valence-electron chi connectivity index (χ4n) is 2.16. The number of hydrogen-bond acceptors (Lipinski definition) is 2. The quantitative estimate of drug-likeness (QED) is 0.793. The Hall–Kier alpha value is -1.39. The van der Waals surface area contributed by atoms with Crippen LogP contribution in [-0.4, -0.2) is 5.91 Å². The van der Waals surface area contributed by atoms with E-state index in [4.69, 9.17) is 11.6 Å². The molecule has 0 bridgehead atoms. The first-order valence-corrected chi connectivity index (χ1v) is 8.02. The number of carbonyl (C=O) groups excluding carboxylic acids is 1. The van der Waals surface area contributed by atoms with Crippen LogP contribution in [0.3, 0.4) is 0 Å². The third kappa shape index (κ3) is 4.29. The Bertz CT molecular complexity index is 615. The Labute approximate surface area is 132 Å². The Balaban J connectivity index is 1.94. The van der Waals surface area contributed by atoms with E-state index in [0.29, 0.717) is 11.6 Å². The topological polar surface area (TPSA) is 29.1 Å². The molecule has 0 spiro atoms. The molecule has 0 saturated heterocycles. The van der Waals surface area contributed by atoms with Crippen molar-refractivity contribution in [1.29, 1.82) is 0 Å². The second-order valence-electron chi connectivity index (χ2n) is 5.17. The van der Waals surface area contributed by atoms with Gasteiger partial charge in [-0.1, -0.05) is 31.5 Å². The van der Waals surface area contributed by atoms with E-state index in [1.54, 1.807) is 11.3 Å². The highest BCUT2D eigenvalue weighted by molar-refractivity contribution is 7.10. The minimum atomic E-state index is -0.492. The summed E-state index contributed by atoms with van der Waals surface area (Å²) >= 11 is 7.41. The van der Waals surface area contributed by atoms with Gasteiger partial charge in [0.25, 0.3) is 0 Å². The summed E-state index contributed by atoms with van der Waals surface area (Å²) in [5.74, 6) is -0.372. The van der Waals surface area contributed by atoms with E-state index in [-0.39, 0.29) is 16.8 Å². The summed E-state index contributed by atoms with van der Waals surface area (Å²) < 4.78 is 13.1. The number of thiophene rings is 1. The first-order chi connectivity index (χ1) is 9.97. The highest BCUT2D eigenvalue weighted by atomic mass is 35.5. The summed E-state index contributed by atoms with van der Waals surface area (Å²) in [4.78, 5) is 13.4. The molecule has 0 aliphatic rings. The molecule has 21 heavy (non-hydrogen) atoms. The van der Waals surface area contributed by atoms with Crippen molar-refractivity contribution in [2.75, 3.05) is 5.32 Å². The molecule has 2 nitrogen and oxygen atoms in total. The Morgan fingerprint density at radius 2 is 2.14 bits per heavy atom. The molecule has 2 atom stereocenters. The monoisotopic (exact) mass is 325 g/mol. The molecule has 5 heteroatoms. The molecule has 1 heterocycles. The summed E-state index contributed by atoms with van der Waals surface area (Å²) in [6, 6.07) is 8.27. The summed E-state index contributed by atoms with van der Waals surface area (Å²) in [6.45, 7) is 4.01. The van der Waals surface area contributed by atoms with Crippen molar-refractivity contribution in [3.05, 3.63) is 51.4 Å². The van der Waals surface area contributed by atoms with Gasteiger partial charge in [0, 0.05) is 16.5 Å². The van der Waals surface area contributed by atoms with E-state index in [9.17, 15) is 9.18 Å². The zero-order valence-corrected chi connectivity index (χ0v) is 13.5. The third-order valence-corrected chi connectivity index (χ3v) is 4.76. The van der Waals surface area contributed by atoms with Gasteiger partial charge in [-0.2, -0.15) is 0 Å². The van der Waals surface area contributed by atoms with Crippen LogP contribution >= 0.6 is 22.9 Å². The van der Waals surface area contributed by atoms with Crippen LogP contribution in [0.2, 0.25) is 5.02 Å². The average Bonchev–Trinajstić information content (AvgIpc) is 2.97. The number of amides is 1. The van der Waals surface area contributed by atoms with Crippen LogP contribution in [0.4, 0.5) is 10.1 Å². The van der Waals surface area contributed by atoms with Crippen LogP contribution in [0.5, 0.6) is 0 Å². The maximum Gasteiger partial charge on any atom is 0.227 e. The molecule has 1 aromatic carbocycles. The van der Waals surface area contributed by atoms with Gasteiger partial charge in [0.1, 0.15) is 5.82 Å². The van der Waals surface area contributed by atoms with Crippen LogP contribution in [0, 0.1) is 11.7 Å². The third-order valence-electron chi connectivity index (χ3n) is 3.37. The predicted molar refractivity (Wildman–Crippen MR) is 86.6 cm³/mol. The average molecular weight is 326 g/mol. The molecule has 0 fully saturated rings. The SMILES string of the molecule is CC(CC(C)c1cccs1)C(=O)Nc1ccc(F)c(Cl)c1. The molecule has 1 aromatic heterocycles. The van der Waals surface area contributed by atoms with Crippen molar-refractivity contribution < 1.29 is 9.18 Å². The van der Waals surface area contributed by atoms with Gasteiger partial charge in [0.05, 0.1) is 5.02 Å². The summed E-state index contributed by atoms with van der Waals surface area (Å²) in [5, 5.41) is 4.82. The number of hydrogen-bond donors (Lipinski definition) is 1. The Kier molecular flexibility index (Phi) is 5.37.